The van der Waals surface area contributed by atoms with Crippen LogP contribution in [0.25, 0.3) is 10.9 Å². The first-order valence-electron chi connectivity index (χ1n) is 12.7. The summed E-state index contributed by atoms with van der Waals surface area (Å²) in [5, 5.41) is 13.8. The van der Waals surface area contributed by atoms with E-state index in [0.29, 0.717) is 25.7 Å². The zero-order chi connectivity index (χ0) is 24.6. The molecule has 186 valence electrons. The Morgan fingerprint density at radius 3 is 2.72 bits per heavy atom. The lowest BCUT2D eigenvalue weighted by molar-refractivity contribution is -0.942. The molecule has 2 aromatic carbocycles. The Kier molecular flexibility index (Phi) is 5.92. The van der Waals surface area contributed by atoms with E-state index >= 15 is 0 Å². The van der Waals surface area contributed by atoms with Crippen molar-refractivity contribution >= 4 is 10.9 Å². The van der Waals surface area contributed by atoms with Crippen LogP contribution in [0.15, 0.2) is 41.2 Å². The lowest BCUT2D eigenvalue weighted by Crippen LogP contribution is -3.08. The molecule has 0 spiro atoms. The van der Waals surface area contributed by atoms with Crippen LogP contribution in [-0.2, 0) is 19.6 Å². The molecule has 6 rings (SSSR count). The molecule has 36 heavy (non-hydrogen) atoms. The number of aromatic nitrogens is 5. The number of rotatable bonds is 7. The number of hydrogen-bond acceptors (Lipinski definition) is 6. The molecule has 1 aliphatic heterocycles. The van der Waals surface area contributed by atoms with Crippen LogP contribution in [0, 0.1) is 13.8 Å². The molecule has 2 aliphatic rings. The molecule has 0 bridgehead atoms. The second-order valence-electron chi connectivity index (χ2n) is 10.1. The van der Waals surface area contributed by atoms with Crippen LogP contribution in [0.1, 0.15) is 59.8 Å². The quantitative estimate of drug-likeness (QED) is 0.416. The minimum absolute atomic E-state index is 0.0481. The molecule has 1 saturated carbocycles. The number of hydrogen-bond donors (Lipinski definition) is 2. The fraction of sp³-hybridized carbons (Fsp3) is 0.407. The van der Waals surface area contributed by atoms with Crippen LogP contribution < -0.4 is 19.9 Å². The number of nitrogens with zero attached hydrogens (tertiary/aromatic N) is 4. The molecular weight excluding hydrogens is 456 g/mol. The Labute approximate surface area is 209 Å². The summed E-state index contributed by atoms with van der Waals surface area (Å²) >= 11 is 0. The summed E-state index contributed by atoms with van der Waals surface area (Å²) in [6.07, 6.45) is 4.64. The number of aryl methyl sites for hydroxylation is 2. The van der Waals surface area contributed by atoms with Crippen LogP contribution in [0.3, 0.4) is 0 Å². The third-order valence-electron chi connectivity index (χ3n) is 7.34. The van der Waals surface area contributed by atoms with E-state index in [4.69, 9.17) is 9.47 Å². The standard InChI is InChI=1S/C27H30N6O3/c1-17-9-18(2)26-20(10-17)12-21(27(34)28-26)14-32(13-19-7-8-23-24(11-19)36-16-35-23)15-25-29-30-31-33(25)22-5-3-4-6-22/h7-12,22H,3-6,13-16H2,1-2H3,(H,28,34)/p+1. The summed E-state index contributed by atoms with van der Waals surface area (Å²) in [5.74, 6) is 2.39. The van der Waals surface area contributed by atoms with Gasteiger partial charge in [-0.25, -0.2) is 4.68 Å². The van der Waals surface area contributed by atoms with E-state index in [1.165, 1.54) is 23.3 Å². The van der Waals surface area contributed by atoms with Crippen molar-refractivity contribution in [3.05, 3.63) is 74.8 Å². The van der Waals surface area contributed by atoms with Crippen molar-refractivity contribution in [1.29, 1.82) is 0 Å². The molecule has 2 N–H and O–H groups in total. The number of quaternary nitrogens is 1. The molecule has 9 nitrogen and oxygen atoms in total. The summed E-state index contributed by atoms with van der Waals surface area (Å²) in [6, 6.07) is 12.7. The molecule has 4 aromatic rings. The van der Waals surface area contributed by atoms with Gasteiger partial charge in [0.25, 0.3) is 5.56 Å². The molecule has 0 saturated heterocycles. The molecule has 1 atom stereocenters. The van der Waals surface area contributed by atoms with Gasteiger partial charge in [-0.15, -0.1) is 5.10 Å². The first-order valence-corrected chi connectivity index (χ1v) is 12.7. The SMILES string of the molecule is Cc1cc(C)c2[nH]c(=O)c(C[NH+](Cc3ccc4c(c3)OCO4)Cc3nnnn3C3CCCC3)cc2c1. The number of aromatic amines is 1. The number of ether oxygens (including phenoxy) is 2. The normalized spacial score (nSPS) is 16.2. The molecular formula is C27H31N6O3+. The number of nitrogens with one attached hydrogen (secondary N) is 2. The van der Waals surface area contributed by atoms with Gasteiger partial charge in [-0.1, -0.05) is 24.5 Å². The lowest BCUT2D eigenvalue weighted by atomic mass is 10.0. The smallest absolute Gasteiger partial charge is 0.257 e. The predicted molar refractivity (Wildman–Crippen MR) is 134 cm³/mol. The van der Waals surface area contributed by atoms with Gasteiger partial charge in [0.1, 0.15) is 19.6 Å². The van der Waals surface area contributed by atoms with Gasteiger partial charge in [0.15, 0.2) is 11.5 Å². The Balaban J connectivity index is 1.33. The summed E-state index contributed by atoms with van der Waals surface area (Å²) in [7, 11) is 0. The maximum Gasteiger partial charge on any atom is 0.257 e. The second kappa shape index (κ2) is 9.39. The van der Waals surface area contributed by atoms with E-state index in [-0.39, 0.29) is 12.4 Å². The van der Waals surface area contributed by atoms with E-state index in [0.717, 1.165) is 57.8 Å². The van der Waals surface area contributed by atoms with Crippen LogP contribution >= 0.6 is 0 Å². The van der Waals surface area contributed by atoms with Crippen LogP contribution in [0.4, 0.5) is 0 Å². The highest BCUT2D eigenvalue weighted by Crippen LogP contribution is 2.32. The Bertz CT molecular complexity index is 1470. The summed E-state index contributed by atoms with van der Waals surface area (Å²) in [5.41, 5.74) is 4.97. The Morgan fingerprint density at radius 1 is 1.03 bits per heavy atom. The average Bonchev–Trinajstić information content (AvgIpc) is 3.61. The maximum atomic E-state index is 13.1. The summed E-state index contributed by atoms with van der Waals surface area (Å²) in [6.45, 7) is 6.21. The monoisotopic (exact) mass is 487 g/mol. The van der Waals surface area contributed by atoms with Gasteiger partial charge >= 0.3 is 0 Å². The summed E-state index contributed by atoms with van der Waals surface area (Å²) in [4.78, 5) is 17.4. The fourth-order valence-electron chi connectivity index (χ4n) is 5.64. The van der Waals surface area contributed by atoms with E-state index < -0.39 is 0 Å². The molecule has 1 unspecified atom stereocenters. The first-order chi connectivity index (χ1) is 17.5. The van der Waals surface area contributed by atoms with Gasteiger partial charge in [-0.3, -0.25) is 4.79 Å². The number of tetrazole rings is 1. The van der Waals surface area contributed by atoms with Crippen molar-refractivity contribution in [2.24, 2.45) is 0 Å². The highest BCUT2D eigenvalue weighted by atomic mass is 16.7. The zero-order valence-corrected chi connectivity index (χ0v) is 20.7. The third kappa shape index (κ3) is 4.46. The molecule has 1 aliphatic carbocycles. The first kappa shape index (κ1) is 22.7. The van der Waals surface area contributed by atoms with E-state index in [9.17, 15) is 4.79 Å². The van der Waals surface area contributed by atoms with Crippen molar-refractivity contribution in [3.63, 3.8) is 0 Å². The molecule has 0 radical (unpaired) electrons. The fourth-order valence-corrected chi connectivity index (χ4v) is 5.64. The number of fused-ring (bicyclic) bond motifs is 2. The highest BCUT2D eigenvalue weighted by molar-refractivity contribution is 5.82. The van der Waals surface area contributed by atoms with Gasteiger partial charge in [0.2, 0.25) is 12.6 Å². The predicted octanol–water partition coefficient (Wildman–Crippen LogP) is 2.76. The van der Waals surface area contributed by atoms with Gasteiger partial charge in [-0.2, -0.15) is 0 Å². The minimum atomic E-state index is -0.0481. The number of pyridine rings is 1. The Hall–Kier alpha value is -3.72. The molecule has 9 heteroatoms. The minimum Gasteiger partial charge on any atom is -0.454 e. The highest BCUT2D eigenvalue weighted by Gasteiger charge is 2.25. The van der Waals surface area contributed by atoms with Crippen molar-refractivity contribution in [3.8, 4) is 11.5 Å². The maximum absolute atomic E-state index is 13.1. The molecule has 2 aromatic heterocycles. The lowest BCUT2D eigenvalue weighted by Gasteiger charge is -2.20. The average molecular weight is 488 g/mol. The van der Waals surface area contributed by atoms with Gasteiger partial charge in [-0.05, 0) is 78.4 Å². The molecule has 3 heterocycles. The van der Waals surface area contributed by atoms with E-state index in [1.54, 1.807) is 0 Å². The van der Waals surface area contributed by atoms with E-state index in [1.807, 2.05) is 29.8 Å². The number of benzene rings is 2. The third-order valence-corrected chi connectivity index (χ3v) is 7.34. The largest absolute Gasteiger partial charge is 0.454 e. The zero-order valence-electron chi connectivity index (χ0n) is 20.7. The van der Waals surface area contributed by atoms with Crippen molar-refractivity contribution < 1.29 is 14.4 Å². The van der Waals surface area contributed by atoms with Crippen LogP contribution in [-0.4, -0.2) is 32.0 Å². The van der Waals surface area contributed by atoms with Gasteiger partial charge in [0, 0.05) is 5.56 Å². The van der Waals surface area contributed by atoms with Crippen molar-refractivity contribution in [2.75, 3.05) is 6.79 Å². The van der Waals surface area contributed by atoms with Crippen molar-refractivity contribution in [1.82, 2.24) is 25.2 Å². The topological polar surface area (TPSA) is 99.4 Å². The van der Waals surface area contributed by atoms with Crippen LogP contribution in [0.2, 0.25) is 0 Å². The van der Waals surface area contributed by atoms with E-state index in [2.05, 4.69) is 45.6 Å². The van der Waals surface area contributed by atoms with Crippen molar-refractivity contribution in [2.45, 2.75) is 65.2 Å². The Morgan fingerprint density at radius 2 is 1.86 bits per heavy atom. The number of H-pyrrole nitrogens is 1. The van der Waals surface area contributed by atoms with Gasteiger partial charge < -0.3 is 19.4 Å². The second-order valence-corrected chi connectivity index (χ2v) is 10.1. The summed E-state index contributed by atoms with van der Waals surface area (Å²) < 4.78 is 13.1. The van der Waals surface area contributed by atoms with Crippen LogP contribution in [0.5, 0.6) is 11.5 Å². The molecule has 0 amide bonds. The van der Waals surface area contributed by atoms with Gasteiger partial charge in [0.05, 0.1) is 17.1 Å². The molecule has 1 fully saturated rings.